The van der Waals surface area contributed by atoms with Gasteiger partial charge in [-0.1, -0.05) is 30.3 Å². The van der Waals surface area contributed by atoms with Crippen molar-refractivity contribution in [2.75, 3.05) is 11.1 Å². The third-order valence-corrected chi connectivity index (χ3v) is 6.57. The number of carbonyl (C=O) groups excluding carboxylic acids is 1. The first kappa shape index (κ1) is 22.6. The van der Waals surface area contributed by atoms with Crippen molar-refractivity contribution in [2.24, 2.45) is 0 Å². The highest BCUT2D eigenvalue weighted by Crippen LogP contribution is 2.34. The number of rotatable bonds is 7. The van der Waals surface area contributed by atoms with Gasteiger partial charge < -0.3 is 9.88 Å². The van der Waals surface area contributed by atoms with Crippen LogP contribution in [0.1, 0.15) is 24.3 Å². The molecule has 0 atom stereocenters. The van der Waals surface area contributed by atoms with Crippen LogP contribution in [0.15, 0.2) is 34.8 Å². The lowest BCUT2D eigenvalue weighted by atomic mass is 10.2. The molecule has 0 aliphatic carbocycles. The molecule has 0 spiro atoms. The number of thiophene rings is 1. The summed E-state index contributed by atoms with van der Waals surface area (Å²) < 4.78 is 40.5. The van der Waals surface area contributed by atoms with Crippen LogP contribution in [0.4, 0.5) is 18.9 Å². The standard InChI is InChI=1S/C19H18ClF3N4OS2/c1-3-13-7-11(9-29-13)17-25-26-18(27(17)4-2)30-10-16(28)24-15-8-12(19(21,22)23)5-6-14(15)20/h5-9H,3-4,10H2,1-2H3,(H,24,28). The molecule has 5 nitrogen and oxygen atoms in total. The van der Waals surface area contributed by atoms with Gasteiger partial charge in [0.15, 0.2) is 11.0 Å². The molecule has 1 aromatic carbocycles. The molecule has 3 rings (SSSR count). The molecule has 30 heavy (non-hydrogen) atoms. The van der Waals surface area contributed by atoms with Crippen LogP contribution < -0.4 is 5.32 Å². The number of thioether (sulfide) groups is 1. The van der Waals surface area contributed by atoms with Crippen LogP contribution in [0.2, 0.25) is 5.02 Å². The van der Waals surface area contributed by atoms with Crippen molar-refractivity contribution in [3.8, 4) is 11.4 Å². The molecule has 1 amide bonds. The van der Waals surface area contributed by atoms with Gasteiger partial charge in [-0.15, -0.1) is 21.5 Å². The van der Waals surface area contributed by atoms with E-state index in [9.17, 15) is 18.0 Å². The highest BCUT2D eigenvalue weighted by molar-refractivity contribution is 7.99. The molecule has 11 heteroatoms. The summed E-state index contributed by atoms with van der Waals surface area (Å²) in [6.07, 6.45) is -3.59. The lowest BCUT2D eigenvalue weighted by Gasteiger charge is -2.11. The number of halogens is 4. The highest BCUT2D eigenvalue weighted by Gasteiger charge is 2.31. The van der Waals surface area contributed by atoms with Gasteiger partial charge in [0.1, 0.15) is 0 Å². The van der Waals surface area contributed by atoms with Crippen molar-refractivity contribution in [3.05, 3.63) is 45.1 Å². The molecule has 1 N–H and O–H groups in total. The number of benzene rings is 1. The number of carbonyl (C=O) groups is 1. The number of alkyl halides is 3. The summed E-state index contributed by atoms with van der Waals surface area (Å²) in [7, 11) is 0. The minimum absolute atomic E-state index is 0.0320. The second kappa shape index (κ2) is 9.40. The summed E-state index contributed by atoms with van der Waals surface area (Å²) in [6.45, 7) is 4.65. The second-order valence-electron chi connectivity index (χ2n) is 6.23. The zero-order valence-electron chi connectivity index (χ0n) is 16.1. The smallest absolute Gasteiger partial charge is 0.324 e. The van der Waals surface area contributed by atoms with E-state index in [0.29, 0.717) is 11.7 Å². The number of nitrogens with one attached hydrogen (secondary N) is 1. The number of aryl methyl sites for hydroxylation is 1. The molecule has 0 radical (unpaired) electrons. The Kier molecular flexibility index (Phi) is 7.10. The maximum Gasteiger partial charge on any atom is 0.416 e. The zero-order chi connectivity index (χ0) is 21.9. The predicted molar refractivity (Wildman–Crippen MR) is 114 cm³/mol. The van der Waals surface area contributed by atoms with Crippen LogP contribution in [-0.2, 0) is 23.9 Å². The Morgan fingerprint density at radius 2 is 2.03 bits per heavy atom. The summed E-state index contributed by atoms with van der Waals surface area (Å²) in [5.74, 6) is 0.184. The van der Waals surface area contributed by atoms with Gasteiger partial charge in [0.05, 0.1) is 22.0 Å². The molecule has 0 saturated carbocycles. The summed E-state index contributed by atoms with van der Waals surface area (Å²) in [6, 6.07) is 4.86. The average Bonchev–Trinajstić information content (AvgIpc) is 3.33. The highest BCUT2D eigenvalue weighted by atomic mass is 35.5. The molecule has 0 bridgehead atoms. The Balaban J connectivity index is 1.70. The van der Waals surface area contributed by atoms with Crippen LogP contribution >= 0.6 is 34.7 Å². The van der Waals surface area contributed by atoms with Crippen molar-refractivity contribution in [1.29, 1.82) is 0 Å². The first-order valence-electron chi connectivity index (χ1n) is 9.03. The van der Waals surface area contributed by atoms with Crippen LogP contribution in [0, 0.1) is 0 Å². The molecule has 0 aliphatic rings. The molecule has 0 unspecified atom stereocenters. The lowest BCUT2D eigenvalue weighted by Crippen LogP contribution is -2.16. The first-order valence-corrected chi connectivity index (χ1v) is 11.3. The Labute approximate surface area is 184 Å². The molecule has 2 aromatic heterocycles. The van der Waals surface area contributed by atoms with Crippen LogP contribution in [-0.4, -0.2) is 26.4 Å². The third-order valence-electron chi connectivity index (χ3n) is 4.19. The normalized spacial score (nSPS) is 11.7. The van der Waals surface area contributed by atoms with Gasteiger partial charge in [0, 0.05) is 22.4 Å². The Bertz CT molecular complexity index is 1050. The monoisotopic (exact) mass is 474 g/mol. The fourth-order valence-corrected chi connectivity index (χ4v) is 4.47. The topological polar surface area (TPSA) is 59.8 Å². The fraction of sp³-hybridized carbons (Fsp3) is 0.316. The predicted octanol–water partition coefficient (Wildman–Crippen LogP) is 5.99. The van der Waals surface area contributed by atoms with Gasteiger partial charge in [0.25, 0.3) is 0 Å². The van der Waals surface area contributed by atoms with E-state index in [4.69, 9.17) is 11.6 Å². The molecule has 160 valence electrons. The number of amides is 1. The number of hydrogen-bond acceptors (Lipinski definition) is 5. The average molecular weight is 475 g/mol. The Hall–Kier alpha value is -2.04. The lowest BCUT2D eigenvalue weighted by molar-refractivity contribution is -0.137. The van der Waals surface area contributed by atoms with E-state index in [1.807, 2.05) is 16.9 Å². The number of hydrogen-bond donors (Lipinski definition) is 1. The van der Waals surface area contributed by atoms with E-state index >= 15 is 0 Å². The van der Waals surface area contributed by atoms with Crippen molar-refractivity contribution in [1.82, 2.24) is 14.8 Å². The van der Waals surface area contributed by atoms with Crippen molar-refractivity contribution in [3.63, 3.8) is 0 Å². The van der Waals surface area contributed by atoms with Gasteiger partial charge in [0.2, 0.25) is 5.91 Å². The molecular weight excluding hydrogens is 457 g/mol. The Morgan fingerprint density at radius 1 is 1.27 bits per heavy atom. The minimum atomic E-state index is -4.52. The summed E-state index contributed by atoms with van der Waals surface area (Å²) in [4.78, 5) is 13.5. The summed E-state index contributed by atoms with van der Waals surface area (Å²) >= 11 is 8.74. The molecule has 0 fully saturated rings. The van der Waals surface area contributed by atoms with Gasteiger partial charge in [-0.25, -0.2) is 0 Å². The number of aromatic nitrogens is 3. The molecular formula is C19H18ClF3N4OS2. The SMILES string of the molecule is CCc1cc(-c2nnc(SCC(=O)Nc3cc(C(F)(F)F)ccc3Cl)n2CC)cs1. The Morgan fingerprint density at radius 3 is 2.67 bits per heavy atom. The maximum absolute atomic E-state index is 12.9. The van der Waals surface area contributed by atoms with E-state index in [1.165, 1.54) is 4.88 Å². The summed E-state index contributed by atoms with van der Waals surface area (Å²) in [5.41, 5.74) is 0.00536. The van der Waals surface area contributed by atoms with E-state index in [1.54, 1.807) is 11.3 Å². The van der Waals surface area contributed by atoms with E-state index in [0.717, 1.165) is 47.8 Å². The number of nitrogens with zero attached hydrogens (tertiary/aromatic N) is 3. The van der Waals surface area contributed by atoms with Gasteiger partial charge >= 0.3 is 6.18 Å². The quantitative estimate of drug-likeness (QED) is 0.427. The van der Waals surface area contributed by atoms with E-state index in [2.05, 4.69) is 28.5 Å². The van der Waals surface area contributed by atoms with E-state index < -0.39 is 17.6 Å². The molecule has 2 heterocycles. The largest absolute Gasteiger partial charge is 0.416 e. The van der Waals surface area contributed by atoms with Crippen LogP contribution in [0.3, 0.4) is 0 Å². The number of anilines is 1. The van der Waals surface area contributed by atoms with Gasteiger partial charge in [-0.3, -0.25) is 4.79 Å². The summed E-state index contributed by atoms with van der Waals surface area (Å²) in [5, 5.41) is 13.4. The van der Waals surface area contributed by atoms with Crippen molar-refractivity contribution < 1.29 is 18.0 Å². The van der Waals surface area contributed by atoms with Crippen LogP contribution in [0.25, 0.3) is 11.4 Å². The van der Waals surface area contributed by atoms with Crippen molar-refractivity contribution in [2.45, 2.75) is 38.1 Å². The molecule has 0 saturated heterocycles. The first-order chi connectivity index (χ1) is 14.2. The fourth-order valence-electron chi connectivity index (χ4n) is 2.69. The molecule has 0 aliphatic heterocycles. The molecule has 3 aromatic rings. The maximum atomic E-state index is 12.9. The van der Waals surface area contributed by atoms with E-state index in [-0.39, 0.29) is 16.5 Å². The minimum Gasteiger partial charge on any atom is -0.324 e. The zero-order valence-corrected chi connectivity index (χ0v) is 18.5. The second-order valence-corrected chi connectivity index (χ2v) is 8.58. The van der Waals surface area contributed by atoms with Crippen LogP contribution in [0.5, 0.6) is 0 Å². The third kappa shape index (κ3) is 5.16. The van der Waals surface area contributed by atoms with Gasteiger partial charge in [-0.05, 0) is 37.6 Å². The van der Waals surface area contributed by atoms with Crippen molar-refractivity contribution >= 4 is 46.3 Å². The van der Waals surface area contributed by atoms with Gasteiger partial charge in [-0.2, -0.15) is 13.2 Å².